The van der Waals surface area contributed by atoms with Gasteiger partial charge in [0, 0.05) is 32.4 Å². The van der Waals surface area contributed by atoms with Gasteiger partial charge in [-0.1, -0.05) is 0 Å². The smallest absolute Gasteiger partial charge is 0.409 e. The molecule has 0 bridgehead atoms. The first-order chi connectivity index (χ1) is 9.61. The average Bonchev–Trinajstić information content (AvgIpc) is 2.48. The zero-order valence-corrected chi connectivity index (χ0v) is 11.2. The number of nitrogens with zero attached hydrogens (tertiary/aromatic N) is 3. The fourth-order valence-electron chi connectivity index (χ4n) is 1.93. The fourth-order valence-corrected chi connectivity index (χ4v) is 1.93. The fraction of sp³-hybridized carbons (Fsp3) is 0.500. The van der Waals surface area contributed by atoms with Crippen molar-refractivity contribution in [3.05, 3.63) is 28.4 Å². The summed E-state index contributed by atoms with van der Waals surface area (Å²) in [4.78, 5) is 43.9. The molecule has 2 rings (SSSR count). The van der Waals surface area contributed by atoms with Gasteiger partial charge < -0.3 is 19.5 Å². The lowest BCUT2D eigenvalue weighted by atomic mass is 10.3. The molecule has 0 aromatic carbocycles. The van der Waals surface area contributed by atoms with E-state index in [4.69, 9.17) is 4.74 Å². The maximum absolute atomic E-state index is 12.1. The van der Waals surface area contributed by atoms with Crippen molar-refractivity contribution in [2.45, 2.75) is 6.92 Å². The van der Waals surface area contributed by atoms with E-state index in [-0.39, 0.29) is 23.3 Å². The van der Waals surface area contributed by atoms with E-state index in [0.29, 0.717) is 32.8 Å². The summed E-state index contributed by atoms with van der Waals surface area (Å²) in [6, 6.07) is 0. The Morgan fingerprint density at radius 3 is 2.50 bits per heavy atom. The summed E-state index contributed by atoms with van der Waals surface area (Å²) < 4.78 is 4.91. The molecule has 2 amide bonds. The van der Waals surface area contributed by atoms with Gasteiger partial charge in [-0.25, -0.2) is 9.78 Å². The molecule has 20 heavy (non-hydrogen) atoms. The second-order valence-electron chi connectivity index (χ2n) is 4.27. The maximum Gasteiger partial charge on any atom is 0.409 e. The molecule has 0 aliphatic carbocycles. The van der Waals surface area contributed by atoms with Gasteiger partial charge in [-0.2, -0.15) is 0 Å². The van der Waals surface area contributed by atoms with Crippen LogP contribution in [-0.4, -0.2) is 64.6 Å². The Morgan fingerprint density at radius 1 is 1.30 bits per heavy atom. The van der Waals surface area contributed by atoms with Crippen LogP contribution in [0.2, 0.25) is 0 Å². The van der Waals surface area contributed by atoms with Gasteiger partial charge in [0.25, 0.3) is 11.5 Å². The monoisotopic (exact) mass is 280 g/mol. The van der Waals surface area contributed by atoms with Crippen LogP contribution in [0.4, 0.5) is 4.79 Å². The summed E-state index contributed by atoms with van der Waals surface area (Å²) in [5.41, 5.74) is -0.164. The minimum Gasteiger partial charge on any atom is -0.450 e. The molecule has 8 heteroatoms. The lowest BCUT2D eigenvalue weighted by Crippen LogP contribution is -2.50. The predicted molar refractivity (Wildman–Crippen MR) is 69.4 cm³/mol. The maximum atomic E-state index is 12.1. The van der Waals surface area contributed by atoms with E-state index in [0.717, 1.165) is 6.20 Å². The molecule has 1 fully saturated rings. The molecule has 108 valence electrons. The van der Waals surface area contributed by atoms with E-state index in [1.165, 1.54) is 6.20 Å². The van der Waals surface area contributed by atoms with Gasteiger partial charge in [0.15, 0.2) is 0 Å². The molecule has 0 radical (unpaired) electrons. The van der Waals surface area contributed by atoms with Gasteiger partial charge in [0.05, 0.1) is 12.8 Å². The van der Waals surface area contributed by atoms with Crippen LogP contribution in [0.5, 0.6) is 0 Å². The standard InChI is InChI=1S/C12H16N4O4/c1-2-20-12(19)16-5-3-15(4-6-16)11(18)9-7-14-10(17)8-13-9/h7-8H,2-6H2,1H3,(H,14,17). The van der Waals surface area contributed by atoms with Crippen LogP contribution >= 0.6 is 0 Å². The van der Waals surface area contributed by atoms with Crippen molar-refractivity contribution in [2.24, 2.45) is 0 Å². The van der Waals surface area contributed by atoms with Crippen LogP contribution in [0.1, 0.15) is 17.4 Å². The molecule has 1 saturated heterocycles. The van der Waals surface area contributed by atoms with E-state index < -0.39 is 0 Å². The van der Waals surface area contributed by atoms with Gasteiger partial charge in [-0.3, -0.25) is 9.59 Å². The second-order valence-corrected chi connectivity index (χ2v) is 4.27. The highest BCUT2D eigenvalue weighted by Gasteiger charge is 2.26. The van der Waals surface area contributed by atoms with E-state index in [2.05, 4.69) is 9.97 Å². The average molecular weight is 280 g/mol. The highest BCUT2D eigenvalue weighted by Crippen LogP contribution is 2.07. The highest BCUT2D eigenvalue weighted by molar-refractivity contribution is 5.92. The molecular formula is C12H16N4O4. The Labute approximate surface area is 115 Å². The predicted octanol–water partition coefficient (Wildman–Crippen LogP) is -0.316. The lowest BCUT2D eigenvalue weighted by molar-refractivity contribution is 0.0565. The number of rotatable bonds is 2. The van der Waals surface area contributed by atoms with Crippen LogP contribution < -0.4 is 5.56 Å². The van der Waals surface area contributed by atoms with Crippen molar-refractivity contribution >= 4 is 12.0 Å². The summed E-state index contributed by atoms with van der Waals surface area (Å²) in [7, 11) is 0. The van der Waals surface area contributed by atoms with Crippen LogP contribution in [0.25, 0.3) is 0 Å². The summed E-state index contributed by atoms with van der Waals surface area (Å²) in [5, 5.41) is 0. The van der Waals surface area contributed by atoms with Crippen LogP contribution in [0.3, 0.4) is 0 Å². The highest BCUT2D eigenvalue weighted by atomic mass is 16.6. The number of amides is 2. The van der Waals surface area contributed by atoms with Crippen LogP contribution in [0.15, 0.2) is 17.2 Å². The number of aromatic nitrogens is 2. The van der Waals surface area contributed by atoms with Crippen molar-refractivity contribution in [3.63, 3.8) is 0 Å². The Hall–Kier alpha value is -2.38. The third-order valence-electron chi connectivity index (χ3n) is 2.98. The molecule has 1 aliphatic rings. The van der Waals surface area contributed by atoms with Crippen molar-refractivity contribution in [2.75, 3.05) is 32.8 Å². The summed E-state index contributed by atoms with van der Waals surface area (Å²) >= 11 is 0. The van der Waals surface area contributed by atoms with Gasteiger partial charge >= 0.3 is 6.09 Å². The summed E-state index contributed by atoms with van der Waals surface area (Å²) in [6.07, 6.45) is 2.01. The molecule has 0 saturated carbocycles. The topological polar surface area (TPSA) is 95.6 Å². The van der Waals surface area contributed by atoms with Crippen molar-refractivity contribution in [3.8, 4) is 0 Å². The number of nitrogens with one attached hydrogen (secondary N) is 1. The molecule has 2 heterocycles. The molecule has 8 nitrogen and oxygen atoms in total. The molecule has 0 spiro atoms. The Balaban J connectivity index is 1.93. The number of piperazine rings is 1. The first-order valence-corrected chi connectivity index (χ1v) is 6.37. The molecule has 1 aromatic heterocycles. The first-order valence-electron chi connectivity index (χ1n) is 6.37. The molecule has 0 unspecified atom stereocenters. The third kappa shape index (κ3) is 3.14. The van der Waals surface area contributed by atoms with Crippen LogP contribution in [0, 0.1) is 0 Å². The van der Waals surface area contributed by atoms with Gasteiger partial charge in [0.2, 0.25) is 0 Å². The third-order valence-corrected chi connectivity index (χ3v) is 2.98. The van der Waals surface area contributed by atoms with E-state index >= 15 is 0 Å². The Morgan fingerprint density at radius 2 is 1.95 bits per heavy atom. The molecular weight excluding hydrogens is 264 g/mol. The molecule has 1 N–H and O–H groups in total. The van der Waals surface area contributed by atoms with E-state index in [9.17, 15) is 14.4 Å². The SMILES string of the molecule is CCOC(=O)N1CCN(C(=O)c2c[nH]c(=O)cn2)CC1. The molecule has 1 aliphatic heterocycles. The Kier molecular flexibility index (Phi) is 4.34. The number of carbonyl (C=O) groups excluding carboxylic acids is 2. The summed E-state index contributed by atoms with van der Waals surface area (Å²) in [6.45, 7) is 3.76. The molecule has 0 atom stereocenters. The minimum absolute atomic E-state index is 0.189. The van der Waals surface area contributed by atoms with E-state index in [1.54, 1.807) is 16.7 Å². The van der Waals surface area contributed by atoms with Crippen molar-refractivity contribution in [1.29, 1.82) is 0 Å². The normalized spacial score (nSPS) is 15.1. The number of ether oxygens (including phenoxy) is 1. The lowest BCUT2D eigenvalue weighted by Gasteiger charge is -2.33. The second kappa shape index (κ2) is 6.18. The summed E-state index contributed by atoms with van der Waals surface area (Å²) in [5.74, 6) is -0.259. The number of H-pyrrole nitrogens is 1. The van der Waals surface area contributed by atoms with E-state index in [1.807, 2.05) is 0 Å². The van der Waals surface area contributed by atoms with Gasteiger partial charge in [-0.15, -0.1) is 0 Å². The first kappa shape index (κ1) is 14.0. The zero-order chi connectivity index (χ0) is 14.5. The van der Waals surface area contributed by atoms with Crippen molar-refractivity contribution in [1.82, 2.24) is 19.8 Å². The van der Waals surface area contributed by atoms with Crippen LogP contribution in [-0.2, 0) is 4.74 Å². The number of hydrogen-bond donors (Lipinski definition) is 1. The number of aromatic amines is 1. The van der Waals surface area contributed by atoms with Gasteiger partial charge in [-0.05, 0) is 6.92 Å². The number of hydrogen-bond acceptors (Lipinski definition) is 5. The Bertz CT molecular complexity index is 528. The van der Waals surface area contributed by atoms with Gasteiger partial charge in [0.1, 0.15) is 5.69 Å². The largest absolute Gasteiger partial charge is 0.450 e. The zero-order valence-electron chi connectivity index (χ0n) is 11.2. The minimum atomic E-state index is -0.359. The quantitative estimate of drug-likeness (QED) is 0.801. The molecule has 1 aromatic rings. The number of carbonyl (C=O) groups is 2. The van der Waals surface area contributed by atoms with Crippen molar-refractivity contribution < 1.29 is 14.3 Å².